The Kier molecular flexibility index (Phi) is 12.0. The molecule has 142 valence electrons. The summed E-state index contributed by atoms with van der Waals surface area (Å²) in [7, 11) is 4.91. The number of nitrogens with zero attached hydrogens (tertiary/aromatic N) is 1. The summed E-state index contributed by atoms with van der Waals surface area (Å²) in [4.78, 5) is 15.9. The van der Waals surface area contributed by atoms with Crippen molar-refractivity contribution in [1.82, 2.24) is 16.0 Å². The van der Waals surface area contributed by atoms with E-state index >= 15 is 0 Å². The van der Waals surface area contributed by atoms with Crippen molar-refractivity contribution >= 4 is 35.8 Å². The van der Waals surface area contributed by atoms with E-state index in [1.165, 1.54) is 0 Å². The van der Waals surface area contributed by atoms with Crippen LogP contribution in [0.3, 0.4) is 0 Å². The summed E-state index contributed by atoms with van der Waals surface area (Å²) >= 11 is 0. The number of methoxy groups -OCH3 is 2. The lowest BCUT2D eigenvalue weighted by Crippen LogP contribution is -2.44. The van der Waals surface area contributed by atoms with E-state index in [1.54, 1.807) is 21.3 Å². The van der Waals surface area contributed by atoms with Gasteiger partial charge in [0, 0.05) is 26.3 Å². The molecule has 7 nitrogen and oxygen atoms in total. The second-order valence-corrected chi connectivity index (χ2v) is 5.38. The van der Waals surface area contributed by atoms with Crippen LogP contribution in [0.25, 0.3) is 0 Å². The molecule has 25 heavy (non-hydrogen) atoms. The quantitative estimate of drug-likeness (QED) is 0.236. The van der Waals surface area contributed by atoms with Crippen molar-refractivity contribution in [3.05, 3.63) is 29.3 Å². The normalized spacial score (nSPS) is 12.0. The van der Waals surface area contributed by atoms with E-state index in [2.05, 4.69) is 27.0 Å². The van der Waals surface area contributed by atoms with Crippen LogP contribution in [0.15, 0.2) is 23.2 Å². The summed E-state index contributed by atoms with van der Waals surface area (Å²) in [6.07, 6.45) is 0. The number of guanidine groups is 1. The zero-order chi connectivity index (χ0) is 17.9. The van der Waals surface area contributed by atoms with Crippen molar-refractivity contribution in [2.75, 3.05) is 41.0 Å². The second kappa shape index (κ2) is 12.8. The van der Waals surface area contributed by atoms with Gasteiger partial charge in [-0.3, -0.25) is 9.79 Å². The summed E-state index contributed by atoms with van der Waals surface area (Å²) in [5.74, 6) is 1.25. The van der Waals surface area contributed by atoms with E-state index < -0.39 is 0 Å². The van der Waals surface area contributed by atoms with Gasteiger partial charge in [-0.15, -0.1) is 24.0 Å². The molecule has 0 aliphatic carbocycles. The molecular formula is C17H29IN4O3. The Balaban J connectivity index is 0.00000576. The first-order valence-corrected chi connectivity index (χ1v) is 7.89. The number of benzene rings is 1. The molecule has 3 N–H and O–H groups in total. The van der Waals surface area contributed by atoms with Crippen LogP contribution >= 0.6 is 24.0 Å². The number of rotatable bonds is 8. The highest BCUT2D eigenvalue weighted by Crippen LogP contribution is 2.25. The zero-order valence-electron chi connectivity index (χ0n) is 15.5. The molecule has 0 bridgehead atoms. The lowest BCUT2D eigenvalue weighted by molar-refractivity contribution is -0.120. The van der Waals surface area contributed by atoms with E-state index in [9.17, 15) is 4.79 Å². The molecule has 1 atom stereocenters. The number of halogens is 1. The monoisotopic (exact) mass is 464 g/mol. The number of carbonyl (C=O) groups is 1. The average molecular weight is 464 g/mol. The van der Waals surface area contributed by atoms with Crippen LogP contribution in [-0.2, 0) is 9.53 Å². The predicted molar refractivity (Wildman–Crippen MR) is 111 cm³/mol. The van der Waals surface area contributed by atoms with Crippen LogP contribution in [-0.4, -0.2) is 52.8 Å². The molecule has 0 saturated carbocycles. The van der Waals surface area contributed by atoms with Gasteiger partial charge < -0.3 is 25.4 Å². The van der Waals surface area contributed by atoms with Gasteiger partial charge in [0.1, 0.15) is 5.75 Å². The third-order valence-corrected chi connectivity index (χ3v) is 3.47. The summed E-state index contributed by atoms with van der Waals surface area (Å²) < 4.78 is 10.3. The summed E-state index contributed by atoms with van der Waals surface area (Å²) in [6.45, 7) is 5.17. The Morgan fingerprint density at radius 1 is 1.28 bits per heavy atom. The number of aliphatic imine (C=N–C) groups is 1. The summed E-state index contributed by atoms with van der Waals surface area (Å²) in [6, 6.07) is 6.00. The number of nitrogens with one attached hydrogen (secondary N) is 3. The molecule has 0 spiro atoms. The summed E-state index contributed by atoms with van der Waals surface area (Å²) in [5.41, 5.74) is 2.19. The minimum atomic E-state index is -0.115. The lowest BCUT2D eigenvalue weighted by atomic mass is 10.0. The Hall–Kier alpha value is -1.55. The second-order valence-electron chi connectivity index (χ2n) is 5.38. The Morgan fingerprint density at radius 3 is 2.60 bits per heavy atom. The van der Waals surface area contributed by atoms with Gasteiger partial charge in [0.05, 0.1) is 26.3 Å². The molecule has 1 aromatic rings. The van der Waals surface area contributed by atoms with E-state index in [0.717, 1.165) is 16.9 Å². The zero-order valence-corrected chi connectivity index (χ0v) is 17.8. The predicted octanol–water partition coefficient (Wildman–Crippen LogP) is 1.61. The highest BCUT2D eigenvalue weighted by molar-refractivity contribution is 14.0. The van der Waals surface area contributed by atoms with Gasteiger partial charge in [-0.05, 0) is 19.9 Å². The lowest BCUT2D eigenvalue weighted by Gasteiger charge is -2.20. The topological polar surface area (TPSA) is 84.0 Å². The van der Waals surface area contributed by atoms with Crippen molar-refractivity contribution in [2.24, 2.45) is 4.99 Å². The number of hydrogen-bond donors (Lipinski definition) is 3. The van der Waals surface area contributed by atoms with Crippen LogP contribution in [0.2, 0.25) is 0 Å². The summed E-state index contributed by atoms with van der Waals surface area (Å²) in [5, 5.41) is 9.00. The fraction of sp³-hybridized carbons (Fsp3) is 0.529. The molecule has 1 unspecified atom stereocenters. The highest BCUT2D eigenvalue weighted by Gasteiger charge is 2.13. The van der Waals surface area contributed by atoms with Crippen molar-refractivity contribution in [2.45, 2.75) is 19.9 Å². The van der Waals surface area contributed by atoms with Crippen LogP contribution in [0.4, 0.5) is 0 Å². The highest BCUT2D eigenvalue weighted by atomic mass is 127. The van der Waals surface area contributed by atoms with Gasteiger partial charge in [0.15, 0.2) is 5.96 Å². The molecule has 0 aliphatic heterocycles. The fourth-order valence-corrected chi connectivity index (χ4v) is 2.19. The maximum atomic E-state index is 11.7. The van der Waals surface area contributed by atoms with Gasteiger partial charge in [-0.25, -0.2) is 0 Å². The smallest absolute Gasteiger partial charge is 0.239 e. The largest absolute Gasteiger partial charge is 0.496 e. The van der Waals surface area contributed by atoms with E-state index in [4.69, 9.17) is 9.47 Å². The maximum Gasteiger partial charge on any atom is 0.239 e. The molecule has 0 saturated heterocycles. The molecule has 0 aromatic heterocycles. The number of amides is 1. The molecule has 1 amide bonds. The van der Waals surface area contributed by atoms with Crippen molar-refractivity contribution in [3.8, 4) is 5.75 Å². The molecule has 0 radical (unpaired) electrons. The minimum absolute atomic E-state index is 0. The van der Waals surface area contributed by atoms with Crippen LogP contribution < -0.4 is 20.7 Å². The molecule has 0 heterocycles. The fourth-order valence-electron chi connectivity index (χ4n) is 2.19. The van der Waals surface area contributed by atoms with Crippen molar-refractivity contribution in [3.63, 3.8) is 0 Å². The van der Waals surface area contributed by atoms with Crippen molar-refractivity contribution in [1.29, 1.82) is 0 Å². The van der Waals surface area contributed by atoms with Gasteiger partial charge in [0.25, 0.3) is 0 Å². The van der Waals surface area contributed by atoms with Gasteiger partial charge in [-0.1, -0.05) is 17.7 Å². The first kappa shape index (κ1) is 23.4. The SMILES string of the molecule is CN=C(NCC(=O)NCCOC)NC(C)c1cc(C)ccc1OC.I. The third kappa shape index (κ3) is 8.39. The first-order valence-electron chi connectivity index (χ1n) is 7.89. The number of aryl methyl sites for hydroxylation is 1. The average Bonchev–Trinajstić information content (AvgIpc) is 2.58. The number of carbonyl (C=O) groups excluding carboxylic acids is 1. The van der Waals surface area contributed by atoms with Crippen LogP contribution in [0.1, 0.15) is 24.1 Å². The van der Waals surface area contributed by atoms with E-state index in [1.807, 2.05) is 26.0 Å². The molecule has 8 heteroatoms. The molecule has 0 fully saturated rings. The maximum absolute atomic E-state index is 11.7. The Bertz CT molecular complexity index is 567. The van der Waals surface area contributed by atoms with Crippen LogP contribution in [0, 0.1) is 6.92 Å². The van der Waals surface area contributed by atoms with Crippen molar-refractivity contribution < 1.29 is 14.3 Å². The van der Waals surface area contributed by atoms with Crippen LogP contribution in [0.5, 0.6) is 5.75 Å². The molecule has 1 aromatic carbocycles. The van der Waals surface area contributed by atoms with E-state index in [-0.39, 0.29) is 42.5 Å². The van der Waals surface area contributed by atoms with Gasteiger partial charge in [0.2, 0.25) is 5.91 Å². The minimum Gasteiger partial charge on any atom is -0.496 e. The van der Waals surface area contributed by atoms with E-state index in [0.29, 0.717) is 19.1 Å². The Morgan fingerprint density at radius 2 is 2.00 bits per heavy atom. The first-order chi connectivity index (χ1) is 11.5. The Labute approximate surface area is 167 Å². The number of hydrogen-bond acceptors (Lipinski definition) is 4. The van der Waals surface area contributed by atoms with Gasteiger partial charge in [-0.2, -0.15) is 0 Å². The molecule has 0 aliphatic rings. The standard InChI is InChI=1S/C17H28N4O3.HI/c1-12-6-7-15(24-5)14(10-12)13(2)21-17(18-3)20-11-16(22)19-8-9-23-4;/h6-7,10,13H,8-9,11H2,1-5H3,(H,19,22)(H2,18,20,21);1H. The third-order valence-electron chi connectivity index (χ3n) is 3.47. The number of ether oxygens (including phenoxy) is 2. The van der Waals surface area contributed by atoms with Gasteiger partial charge >= 0.3 is 0 Å². The molecular weight excluding hydrogens is 435 g/mol. The molecule has 1 rings (SSSR count).